The van der Waals surface area contributed by atoms with Crippen LogP contribution in [0.2, 0.25) is 0 Å². The minimum atomic E-state index is -0.965. The molecule has 7 rings (SSSR count). The fourth-order valence-corrected chi connectivity index (χ4v) is 6.21. The van der Waals surface area contributed by atoms with Crippen LogP contribution in [-0.4, -0.2) is 50.8 Å². The van der Waals surface area contributed by atoms with Gasteiger partial charge in [0.1, 0.15) is 17.5 Å². The normalized spacial score (nSPS) is 23.6. The average Bonchev–Trinajstić information content (AvgIpc) is 3.65. The van der Waals surface area contributed by atoms with Crippen molar-refractivity contribution in [2.75, 3.05) is 36.1 Å². The van der Waals surface area contributed by atoms with E-state index < -0.39 is 35.7 Å². The third-order valence-electron chi connectivity index (χ3n) is 7.96. The summed E-state index contributed by atoms with van der Waals surface area (Å²) < 4.78 is 21.7. The summed E-state index contributed by atoms with van der Waals surface area (Å²) in [7, 11) is 3.04. The van der Waals surface area contributed by atoms with Gasteiger partial charge in [0.2, 0.25) is 24.5 Å². The second-order valence-electron chi connectivity index (χ2n) is 9.92. The highest BCUT2D eigenvalue weighted by atomic mass is 16.7. The van der Waals surface area contributed by atoms with Gasteiger partial charge in [0.05, 0.1) is 43.5 Å². The van der Waals surface area contributed by atoms with Crippen LogP contribution in [0.1, 0.15) is 5.56 Å². The molecule has 0 aliphatic carbocycles. The van der Waals surface area contributed by atoms with E-state index in [1.807, 2.05) is 41.3 Å². The molecule has 0 spiro atoms. The van der Waals surface area contributed by atoms with Gasteiger partial charge in [0, 0.05) is 17.8 Å². The third-order valence-corrected chi connectivity index (χ3v) is 7.96. The van der Waals surface area contributed by atoms with Crippen molar-refractivity contribution in [3.05, 3.63) is 72.3 Å². The van der Waals surface area contributed by atoms with Crippen LogP contribution in [0.3, 0.4) is 0 Å². The van der Waals surface area contributed by atoms with Crippen molar-refractivity contribution in [1.82, 2.24) is 0 Å². The number of benzene rings is 3. The summed E-state index contributed by atoms with van der Waals surface area (Å²) in [5.74, 6) is -0.924. The number of fused-ring (bicyclic) bond motifs is 6. The molecule has 202 valence electrons. The molecule has 0 bridgehead atoms. The van der Waals surface area contributed by atoms with Gasteiger partial charge >= 0.3 is 0 Å². The van der Waals surface area contributed by atoms with Gasteiger partial charge in [-0.25, -0.2) is 4.90 Å². The zero-order chi connectivity index (χ0) is 27.5. The van der Waals surface area contributed by atoms with Crippen LogP contribution < -0.4 is 34.1 Å². The van der Waals surface area contributed by atoms with Crippen molar-refractivity contribution in [3.8, 4) is 23.0 Å². The molecule has 4 aliphatic heterocycles. The number of imide groups is 1. The first-order valence-electron chi connectivity index (χ1n) is 12.9. The van der Waals surface area contributed by atoms with E-state index in [4.69, 9.17) is 18.9 Å². The molecule has 10 nitrogen and oxygen atoms in total. The molecule has 4 heterocycles. The van der Waals surface area contributed by atoms with Gasteiger partial charge in [0.15, 0.2) is 11.5 Å². The van der Waals surface area contributed by atoms with E-state index in [0.29, 0.717) is 34.4 Å². The Morgan fingerprint density at radius 2 is 1.73 bits per heavy atom. The first-order valence-corrected chi connectivity index (χ1v) is 12.9. The molecule has 1 N–H and O–H groups in total. The van der Waals surface area contributed by atoms with Crippen molar-refractivity contribution in [3.63, 3.8) is 0 Å². The number of anilines is 3. The van der Waals surface area contributed by atoms with Crippen molar-refractivity contribution in [1.29, 1.82) is 0 Å². The van der Waals surface area contributed by atoms with Crippen LogP contribution >= 0.6 is 0 Å². The van der Waals surface area contributed by atoms with Gasteiger partial charge in [-0.3, -0.25) is 14.4 Å². The molecular weight excluding hydrogens is 514 g/mol. The van der Waals surface area contributed by atoms with Crippen LogP contribution in [0.5, 0.6) is 23.0 Å². The van der Waals surface area contributed by atoms with Crippen LogP contribution in [0.15, 0.2) is 66.7 Å². The molecule has 2 saturated heterocycles. The summed E-state index contributed by atoms with van der Waals surface area (Å²) in [5.41, 5.74) is 2.48. The molecule has 40 heavy (non-hydrogen) atoms. The Bertz CT molecular complexity index is 1600. The lowest BCUT2D eigenvalue weighted by Crippen LogP contribution is -2.50. The Labute approximate surface area is 229 Å². The first-order chi connectivity index (χ1) is 19.5. The number of ether oxygens (including phenoxy) is 4. The van der Waals surface area contributed by atoms with E-state index in [9.17, 15) is 14.4 Å². The minimum absolute atomic E-state index is 0.0726. The molecule has 3 amide bonds. The van der Waals surface area contributed by atoms with Gasteiger partial charge in [-0.05, 0) is 35.9 Å². The van der Waals surface area contributed by atoms with Gasteiger partial charge in [-0.15, -0.1) is 0 Å². The van der Waals surface area contributed by atoms with Crippen molar-refractivity contribution in [2.45, 2.75) is 12.1 Å². The van der Waals surface area contributed by atoms with E-state index in [1.54, 1.807) is 36.4 Å². The Morgan fingerprint density at radius 1 is 0.925 bits per heavy atom. The SMILES string of the molecule is COc1ccc(OC)c(NC(=O)C2C3C(=O)N(c4ccc5c(c4)OCO5)C(=O)C3C3C=Cc4ccccc4N32)c1. The Balaban J connectivity index is 1.31. The molecule has 0 saturated carbocycles. The molecule has 4 aliphatic rings. The number of amides is 3. The van der Waals surface area contributed by atoms with Crippen LogP contribution in [0.4, 0.5) is 17.1 Å². The second kappa shape index (κ2) is 9.04. The number of nitrogens with one attached hydrogen (secondary N) is 1. The van der Waals surface area contributed by atoms with E-state index in [1.165, 1.54) is 19.1 Å². The Hall–Kier alpha value is -4.99. The molecule has 4 unspecified atom stereocenters. The first kappa shape index (κ1) is 24.1. The lowest BCUT2D eigenvalue weighted by atomic mass is 9.88. The predicted octanol–water partition coefficient (Wildman–Crippen LogP) is 3.46. The standard InChI is InChI=1S/C30H25N3O7/c1-37-18-9-12-22(38-2)19(14-18)31-28(34)27-26-25(21-10-7-16-5-3-4-6-20(16)33(21)27)29(35)32(30(26)36)17-8-11-23-24(13-17)40-15-39-23/h3-14,21,25-27H,15H2,1-2H3,(H,31,34). The number of carbonyl (C=O) groups is 3. The summed E-state index contributed by atoms with van der Waals surface area (Å²) in [4.78, 5) is 45.3. The van der Waals surface area contributed by atoms with E-state index in [-0.39, 0.29) is 12.7 Å². The van der Waals surface area contributed by atoms with Crippen molar-refractivity contribution < 1.29 is 33.3 Å². The fourth-order valence-electron chi connectivity index (χ4n) is 6.21. The van der Waals surface area contributed by atoms with E-state index >= 15 is 0 Å². The maximum atomic E-state index is 14.1. The molecule has 3 aromatic rings. The number of methoxy groups -OCH3 is 2. The molecule has 2 fully saturated rings. The summed E-state index contributed by atoms with van der Waals surface area (Å²) in [6.45, 7) is 0.0726. The molecule has 0 aromatic heterocycles. The number of rotatable bonds is 5. The third kappa shape index (κ3) is 3.45. The zero-order valence-electron chi connectivity index (χ0n) is 21.7. The maximum Gasteiger partial charge on any atom is 0.248 e. The van der Waals surface area contributed by atoms with Crippen LogP contribution in [0.25, 0.3) is 6.08 Å². The monoisotopic (exact) mass is 539 g/mol. The predicted molar refractivity (Wildman–Crippen MR) is 146 cm³/mol. The Kier molecular flexibility index (Phi) is 5.44. The molecule has 0 radical (unpaired) electrons. The largest absolute Gasteiger partial charge is 0.497 e. The summed E-state index contributed by atoms with van der Waals surface area (Å²) in [6.07, 6.45) is 3.85. The average molecular weight is 540 g/mol. The lowest BCUT2D eigenvalue weighted by Gasteiger charge is -2.36. The summed E-state index contributed by atoms with van der Waals surface area (Å²) >= 11 is 0. The van der Waals surface area contributed by atoms with E-state index in [0.717, 1.165) is 11.3 Å². The zero-order valence-corrected chi connectivity index (χ0v) is 21.7. The van der Waals surface area contributed by atoms with Gasteiger partial charge in [-0.2, -0.15) is 0 Å². The summed E-state index contributed by atoms with van der Waals surface area (Å²) in [6, 6.07) is 16.2. The number of hydrogen-bond acceptors (Lipinski definition) is 8. The highest BCUT2D eigenvalue weighted by Crippen LogP contribution is 2.50. The highest BCUT2D eigenvalue weighted by Gasteiger charge is 2.64. The van der Waals surface area contributed by atoms with Crippen LogP contribution in [-0.2, 0) is 14.4 Å². The molecular formula is C30H25N3O7. The van der Waals surface area contributed by atoms with Gasteiger partial charge in [0.25, 0.3) is 0 Å². The number of para-hydroxylation sites is 1. The number of carbonyl (C=O) groups excluding carboxylic acids is 3. The molecule has 4 atom stereocenters. The topological polar surface area (TPSA) is 107 Å². The lowest BCUT2D eigenvalue weighted by molar-refractivity contribution is -0.126. The van der Waals surface area contributed by atoms with E-state index in [2.05, 4.69) is 5.32 Å². The second-order valence-corrected chi connectivity index (χ2v) is 9.92. The quantitative estimate of drug-likeness (QED) is 0.492. The highest BCUT2D eigenvalue weighted by molar-refractivity contribution is 6.25. The maximum absolute atomic E-state index is 14.1. The molecule has 10 heteroatoms. The van der Waals surface area contributed by atoms with Gasteiger partial charge < -0.3 is 29.2 Å². The van der Waals surface area contributed by atoms with Gasteiger partial charge in [-0.1, -0.05) is 30.4 Å². The minimum Gasteiger partial charge on any atom is -0.497 e. The molecule has 3 aromatic carbocycles. The number of hydrogen-bond donors (Lipinski definition) is 1. The smallest absolute Gasteiger partial charge is 0.248 e. The van der Waals surface area contributed by atoms with Crippen LogP contribution in [0, 0.1) is 11.8 Å². The Morgan fingerprint density at radius 3 is 2.55 bits per heavy atom. The fraction of sp³-hybridized carbons (Fsp3) is 0.233. The summed E-state index contributed by atoms with van der Waals surface area (Å²) in [5, 5.41) is 2.95. The number of nitrogens with zero attached hydrogens (tertiary/aromatic N) is 2. The van der Waals surface area contributed by atoms with Crippen molar-refractivity contribution in [2.24, 2.45) is 11.8 Å². The van der Waals surface area contributed by atoms with Crippen molar-refractivity contribution >= 4 is 40.9 Å².